The molecule has 0 spiro atoms. The van der Waals surface area contributed by atoms with Gasteiger partial charge in [-0.25, -0.2) is 9.64 Å². The molecule has 5 nitrogen and oxygen atoms in total. The Morgan fingerprint density at radius 3 is 2.15 bits per heavy atom. The summed E-state index contributed by atoms with van der Waals surface area (Å²) in [6.07, 6.45) is 2.77. The number of nitrogens with zero attached hydrogens (tertiary/aromatic N) is 3. The molecule has 3 aromatic carbocycles. The fraction of sp³-hybridized carbons (Fsp3) is 0.231. The molecule has 1 aliphatic heterocycles. The molecule has 5 rings (SSSR count). The van der Waals surface area contributed by atoms with Gasteiger partial charge in [-0.3, -0.25) is 9.80 Å². The molecule has 2 aliphatic rings. The molecule has 0 bridgehead atoms. The molecular formula is C26H21Cl2N3O2. The first-order valence-electron chi connectivity index (χ1n) is 10.8. The minimum Gasteiger partial charge on any atom is -0.365 e. The third kappa shape index (κ3) is 3.85. The highest BCUT2D eigenvalue weighted by atomic mass is 35.5. The Labute approximate surface area is 202 Å². The molecule has 1 aliphatic carbocycles. The zero-order valence-corrected chi connectivity index (χ0v) is 19.2. The normalized spacial score (nSPS) is 22.5. The fourth-order valence-corrected chi connectivity index (χ4v) is 4.82. The summed E-state index contributed by atoms with van der Waals surface area (Å²) in [7, 11) is 0. The Hall–Kier alpha value is -3.04. The van der Waals surface area contributed by atoms with Crippen LogP contribution in [0, 0.1) is 12.5 Å². The van der Waals surface area contributed by atoms with Crippen molar-refractivity contribution < 1.29 is 9.90 Å². The van der Waals surface area contributed by atoms with E-state index in [0.717, 1.165) is 12.8 Å². The predicted molar refractivity (Wildman–Crippen MR) is 131 cm³/mol. The highest BCUT2D eigenvalue weighted by Crippen LogP contribution is 2.49. The van der Waals surface area contributed by atoms with E-state index in [-0.39, 0.29) is 6.03 Å². The van der Waals surface area contributed by atoms with Crippen molar-refractivity contribution in [1.29, 1.82) is 0 Å². The summed E-state index contributed by atoms with van der Waals surface area (Å²) in [4.78, 5) is 20.6. The van der Waals surface area contributed by atoms with Gasteiger partial charge in [0.05, 0.1) is 12.6 Å². The molecular weight excluding hydrogens is 457 g/mol. The van der Waals surface area contributed by atoms with E-state index in [1.807, 2.05) is 0 Å². The lowest BCUT2D eigenvalue weighted by atomic mass is 9.89. The Bertz CT molecular complexity index is 1240. The smallest absolute Gasteiger partial charge is 0.332 e. The van der Waals surface area contributed by atoms with Gasteiger partial charge in [-0.15, -0.1) is 0 Å². The number of aliphatic hydroxyl groups is 1. The number of hydrogen-bond donors (Lipinski definition) is 1. The second-order valence-electron chi connectivity index (χ2n) is 8.52. The number of carbonyl (C=O) groups is 1. The molecule has 1 heterocycles. The van der Waals surface area contributed by atoms with Crippen molar-refractivity contribution in [2.75, 3.05) is 9.80 Å². The summed E-state index contributed by atoms with van der Waals surface area (Å²) in [5, 5.41) is 13.6. The number of halogens is 2. The van der Waals surface area contributed by atoms with E-state index in [4.69, 9.17) is 29.8 Å². The lowest BCUT2D eigenvalue weighted by Crippen LogP contribution is -2.50. The van der Waals surface area contributed by atoms with Crippen LogP contribution in [0.3, 0.4) is 0 Å². The van der Waals surface area contributed by atoms with Crippen molar-refractivity contribution in [3.63, 3.8) is 0 Å². The zero-order valence-electron chi connectivity index (χ0n) is 17.7. The summed E-state index contributed by atoms with van der Waals surface area (Å²) in [6.45, 7) is 7.45. The fourth-order valence-electron chi connectivity index (χ4n) is 4.57. The van der Waals surface area contributed by atoms with Gasteiger partial charge < -0.3 is 5.11 Å². The van der Waals surface area contributed by atoms with Gasteiger partial charge in [-0.2, -0.15) is 0 Å². The Morgan fingerprint density at radius 1 is 0.970 bits per heavy atom. The van der Waals surface area contributed by atoms with Crippen molar-refractivity contribution in [1.82, 2.24) is 0 Å². The van der Waals surface area contributed by atoms with Gasteiger partial charge in [0.1, 0.15) is 0 Å². The van der Waals surface area contributed by atoms with Crippen molar-refractivity contribution in [2.45, 2.75) is 31.0 Å². The maximum Gasteiger partial charge on any atom is 0.332 e. The van der Waals surface area contributed by atoms with Crippen molar-refractivity contribution >= 4 is 46.3 Å². The molecule has 2 fully saturated rings. The van der Waals surface area contributed by atoms with Gasteiger partial charge in [-0.1, -0.05) is 54.2 Å². The van der Waals surface area contributed by atoms with E-state index in [1.54, 1.807) is 77.7 Å². The Kier molecular flexibility index (Phi) is 5.54. The molecule has 33 heavy (non-hydrogen) atoms. The summed E-state index contributed by atoms with van der Waals surface area (Å²) in [5.74, 6) is 0.429. The molecule has 1 N–H and O–H groups in total. The summed E-state index contributed by atoms with van der Waals surface area (Å²) in [6, 6.07) is 19.9. The Morgan fingerprint density at radius 2 is 1.58 bits per heavy atom. The quantitative estimate of drug-likeness (QED) is 0.401. The average molecular weight is 478 g/mol. The van der Waals surface area contributed by atoms with Gasteiger partial charge >= 0.3 is 6.03 Å². The molecule has 2 amide bonds. The topological polar surface area (TPSA) is 48.1 Å². The molecule has 2 atom stereocenters. The molecule has 1 saturated heterocycles. The third-order valence-corrected chi connectivity index (χ3v) is 6.86. The molecule has 0 aromatic heterocycles. The van der Waals surface area contributed by atoms with E-state index in [2.05, 4.69) is 4.85 Å². The molecule has 3 aromatic rings. The van der Waals surface area contributed by atoms with Crippen LogP contribution in [0.15, 0.2) is 72.8 Å². The van der Waals surface area contributed by atoms with E-state index >= 15 is 0 Å². The second-order valence-corrected chi connectivity index (χ2v) is 9.40. The van der Waals surface area contributed by atoms with Crippen LogP contribution in [0.5, 0.6) is 0 Å². The van der Waals surface area contributed by atoms with Gasteiger partial charge in [0.2, 0.25) is 0 Å². The van der Waals surface area contributed by atoms with Crippen LogP contribution in [0.1, 0.15) is 24.8 Å². The summed E-state index contributed by atoms with van der Waals surface area (Å²) < 4.78 is 0. The van der Waals surface area contributed by atoms with Gasteiger partial charge in [-0.05, 0) is 72.5 Å². The van der Waals surface area contributed by atoms with E-state index < -0.39 is 11.8 Å². The van der Waals surface area contributed by atoms with E-state index in [9.17, 15) is 9.90 Å². The number of hydrogen-bond acceptors (Lipinski definition) is 2. The third-order valence-electron chi connectivity index (χ3n) is 6.36. The van der Waals surface area contributed by atoms with Crippen LogP contribution < -0.4 is 9.80 Å². The number of benzene rings is 3. The number of urea groups is 1. The molecule has 166 valence electrons. The van der Waals surface area contributed by atoms with Crippen LogP contribution in [0.25, 0.3) is 4.85 Å². The van der Waals surface area contributed by atoms with Crippen molar-refractivity contribution in [2.24, 2.45) is 5.92 Å². The van der Waals surface area contributed by atoms with Crippen LogP contribution in [0.2, 0.25) is 10.0 Å². The molecule has 1 unspecified atom stereocenters. The lowest BCUT2D eigenvalue weighted by molar-refractivity contribution is 0.0276. The molecule has 1 saturated carbocycles. The summed E-state index contributed by atoms with van der Waals surface area (Å²) >= 11 is 12.2. The zero-order chi connectivity index (χ0) is 23.2. The van der Waals surface area contributed by atoms with Gasteiger partial charge in [0.15, 0.2) is 11.4 Å². The minimum atomic E-state index is -1.69. The number of carbonyl (C=O) groups excluding carboxylic acids is 1. The minimum absolute atomic E-state index is 0.346. The lowest BCUT2D eigenvalue weighted by Gasteiger charge is -2.37. The predicted octanol–water partition coefficient (Wildman–Crippen LogP) is 7.00. The largest absolute Gasteiger partial charge is 0.365 e. The number of amides is 2. The maximum atomic E-state index is 14.0. The highest BCUT2D eigenvalue weighted by molar-refractivity contribution is 6.31. The first kappa shape index (κ1) is 21.8. The van der Waals surface area contributed by atoms with Crippen LogP contribution in [-0.2, 0) is 5.72 Å². The molecule has 7 heteroatoms. The van der Waals surface area contributed by atoms with Gasteiger partial charge in [0.25, 0.3) is 0 Å². The van der Waals surface area contributed by atoms with E-state index in [0.29, 0.717) is 45.0 Å². The number of rotatable bonds is 5. The first-order chi connectivity index (χ1) is 15.9. The van der Waals surface area contributed by atoms with Gasteiger partial charge in [0, 0.05) is 21.4 Å². The standard InChI is InChI=1S/C26H21Cl2N3O2/c1-29-21-4-2-3-18(16-21)26(33)24(15-17-5-6-17)30(22-11-7-19(27)8-12-22)25(32)31(26)23-13-9-20(28)10-14-23/h2-4,7-14,16-17,24,33H,5-6,15H2/t24-,26?/m0/s1. The molecule has 0 radical (unpaired) electrons. The Balaban J connectivity index is 1.72. The van der Waals surface area contributed by atoms with Crippen LogP contribution in [0.4, 0.5) is 21.9 Å². The first-order valence-corrected chi connectivity index (χ1v) is 11.5. The summed E-state index contributed by atoms with van der Waals surface area (Å²) in [5.41, 5.74) is 0.401. The highest BCUT2D eigenvalue weighted by Gasteiger charge is 2.59. The maximum absolute atomic E-state index is 14.0. The van der Waals surface area contributed by atoms with E-state index in [1.165, 1.54) is 4.90 Å². The van der Waals surface area contributed by atoms with Crippen LogP contribution >= 0.6 is 23.2 Å². The van der Waals surface area contributed by atoms with Crippen molar-refractivity contribution in [3.8, 4) is 0 Å². The average Bonchev–Trinajstić information content (AvgIpc) is 3.62. The van der Waals surface area contributed by atoms with Crippen molar-refractivity contribution in [3.05, 3.63) is 99.8 Å². The SMILES string of the molecule is [C-]#[N+]c1cccc(C2(O)[C@H](CC3CC3)N(c3ccc(Cl)cc3)C(=O)N2c2ccc(Cl)cc2)c1. The second kappa shape index (κ2) is 8.39. The van der Waals surface area contributed by atoms with Crippen LogP contribution in [-0.4, -0.2) is 17.2 Å². The number of anilines is 2. The monoisotopic (exact) mass is 477 g/mol.